The summed E-state index contributed by atoms with van der Waals surface area (Å²) in [5.74, 6) is 0.730. The highest BCUT2D eigenvalue weighted by molar-refractivity contribution is 5.44. The van der Waals surface area contributed by atoms with E-state index in [2.05, 4.69) is 23.4 Å². The Bertz CT molecular complexity index is 1120. The molecule has 0 saturated carbocycles. The summed E-state index contributed by atoms with van der Waals surface area (Å²) in [4.78, 5) is 0. The minimum Gasteiger partial charge on any atom is -0.462 e. The van der Waals surface area contributed by atoms with E-state index in [0.29, 0.717) is 22.9 Å². The number of hydrogen-bond donors (Lipinski definition) is 6. The van der Waals surface area contributed by atoms with E-state index in [1.807, 2.05) is 0 Å². The first kappa shape index (κ1) is 33.6. The lowest BCUT2D eigenvalue weighted by Crippen LogP contribution is -2.60. The molecule has 2 aliphatic heterocycles. The van der Waals surface area contributed by atoms with Gasteiger partial charge >= 0.3 is 0 Å². The third-order valence-electron chi connectivity index (χ3n) is 6.92. The average molecular weight is 619 g/mol. The average Bonchev–Trinajstić information content (AvgIpc) is 3.04. The van der Waals surface area contributed by atoms with Gasteiger partial charge in [0, 0.05) is 0 Å². The molecule has 14 heteroatoms. The molecule has 0 aromatic heterocycles. The van der Waals surface area contributed by atoms with Gasteiger partial charge in [-0.15, -0.1) is 13.2 Å². The van der Waals surface area contributed by atoms with Crippen molar-refractivity contribution in [3.05, 3.63) is 73.8 Å². The maximum atomic E-state index is 10.5. The Hall–Kier alpha value is -3.28. The van der Waals surface area contributed by atoms with Gasteiger partial charge in [0.15, 0.2) is 0 Å². The molecule has 2 aromatic rings. The predicted molar refractivity (Wildman–Crippen MR) is 154 cm³/mol. The topological polar surface area (TPSA) is 201 Å². The van der Waals surface area contributed by atoms with Crippen molar-refractivity contribution in [3.63, 3.8) is 0 Å². The van der Waals surface area contributed by atoms with Gasteiger partial charge in [0.25, 0.3) is 0 Å². The number of nitrogens with zero attached hydrogens (tertiary/aromatic N) is 2. The Morgan fingerprint density at radius 2 is 0.977 bits per heavy atom. The van der Waals surface area contributed by atoms with Crippen LogP contribution in [0.5, 0.6) is 11.5 Å². The van der Waals surface area contributed by atoms with E-state index in [4.69, 9.17) is 28.4 Å². The summed E-state index contributed by atoms with van der Waals surface area (Å²) in [5.41, 5.74) is 1.01. The van der Waals surface area contributed by atoms with Crippen molar-refractivity contribution < 1.29 is 59.1 Å². The standard InChI is InChI=1S/C30H38N2O12/c1-3-13-39-27-25(37)23(35)21(15-33)43-29(27)41-19-9-5-17(6-10-19)31-32-18-7-11-20(12-8-18)42-30-28(40-14-4-2)26(38)24(36)22(16-34)44-30/h3-12,21-30,33-38H,1-2,13-16H2/t21-,22-,23-,24-,25+,26+,27+,28+,29+,30+/m1/s1. The second-order valence-corrected chi connectivity index (χ2v) is 10.0. The van der Waals surface area contributed by atoms with Crippen molar-refractivity contribution in [2.24, 2.45) is 10.2 Å². The summed E-state index contributed by atoms with van der Waals surface area (Å²) in [5, 5.41) is 68.7. The molecule has 0 bridgehead atoms. The maximum Gasteiger partial charge on any atom is 0.229 e. The minimum atomic E-state index is -1.35. The number of rotatable bonds is 14. The van der Waals surface area contributed by atoms with Gasteiger partial charge in [0.2, 0.25) is 12.6 Å². The third kappa shape index (κ3) is 8.25. The molecule has 0 aliphatic carbocycles. The van der Waals surface area contributed by atoms with Crippen molar-refractivity contribution in [1.29, 1.82) is 0 Å². The number of benzene rings is 2. The molecule has 4 rings (SSSR count). The Labute approximate surface area is 254 Å². The van der Waals surface area contributed by atoms with E-state index in [-0.39, 0.29) is 13.2 Å². The predicted octanol–water partition coefficient (Wildman–Crippen LogP) is 0.880. The Kier molecular flexibility index (Phi) is 12.3. The molecule has 44 heavy (non-hydrogen) atoms. The minimum absolute atomic E-state index is 0.0876. The summed E-state index contributed by atoms with van der Waals surface area (Å²) in [6.45, 7) is 6.29. The SMILES string of the molecule is C=CCO[C@@H]1[C@@H](Oc2ccc(N=Nc3ccc(O[C@H]4O[C@H](CO)[C@@H](O)[C@H](O)[C@@H]4OCC=C)cc3)cc2)O[C@H](CO)[C@@H](O)[C@@H]1O. The molecule has 2 aliphatic rings. The molecule has 14 nitrogen and oxygen atoms in total. The Morgan fingerprint density at radius 1 is 0.614 bits per heavy atom. The largest absolute Gasteiger partial charge is 0.462 e. The Balaban J connectivity index is 1.37. The van der Waals surface area contributed by atoms with Crippen LogP contribution in [-0.4, -0.2) is 118 Å². The molecule has 10 atom stereocenters. The van der Waals surface area contributed by atoms with Crippen molar-refractivity contribution in [1.82, 2.24) is 0 Å². The number of azo groups is 1. The lowest BCUT2D eigenvalue weighted by molar-refractivity contribution is -0.285. The molecule has 6 N–H and O–H groups in total. The van der Waals surface area contributed by atoms with Crippen molar-refractivity contribution in [3.8, 4) is 11.5 Å². The van der Waals surface area contributed by atoms with Crippen molar-refractivity contribution in [2.45, 2.75) is 61.4 Å². The van der Waals surface area contributed by atoms with Crippen LogP contribution < -0.4 is 9.47 Å². The normalized spacial score (nSPS) is 32.3. The van der Waals surface area contributed by atoms with Crippen molar-refractivity contribution in [2.75, 3.05) is 26.4 Å². The first-order valence-corrected chi connectivity index (χ1v) is 13.9. The smallest absolute Gasteiger partial charge is 0.229 e. The molecule has 0 radical (unpaired) electrons. The van der Waals surface area contributed by atoms with E-state index < -0.39 is 74.6 Å². The zero-order valence-corrected chi connectivity index (χ0v) is 23.8. The lowest BCUT2D eigenvalue weighted by Gasteiger charge is -2.41. The molecule has 2 fully saturated rings. The van der Waals surface area contributed by atoms with E-state index in [1.165, 1.54) is 12.2 Å². The highest BCUT2D eigenvalue weighted by Gasteiger charge is 2.47. The maximum absolute atomic E-state index is 10.5. The third-order valence-corrected chi connectivity index (χ3v) is 6.92. The molecule has 2 heterocycles. The van der Waals surface area contributed by atoms with Crippen LogP contribution in [-0.2, 0) is 18.9 Å². The van der Waals surface area contributed by atoms with Gasteiger partial charge in [-0.2, -0.15) is 10.2 Å². The van der Waals surface area contributed by atoms with Crippen LogP contribution >= 0.6 is 0 Å². The molecule has 2 aromatic carbocycles. The molecular weight excluding hydrogens is 580 g/mol. The number of aliphatic hydroxyl groups is 6. The Morgan fingerprint density at radius 3 is 1.30 bits per heavy atom. The summed E-state index contributed by atoms with van der Waals surface area (Å²) in [7, 11) is 0. The fraction of sp³-hybridized carbons (Fsp3) is 0.467. The zero-order valence-electron chi connectivity index (χ0n) is 23.8. The summed E-state index contributed by atoms with van der Waals surface area (Å²) < 4.78 is 34.0. The summed E-state index contributed by atoms with van der Waals surface area (Å²) in [6, 6.07) is 13.1. The van der Waals surface area contributed by atoms with Crippen LogP contribution in [0.2, 0.25) is 0 Å². The van der Waals surface area contributed by atoms with Gasteiger partial charge < -0.3 is 59.1 Å². The number of ether oxygens (including phenoxy) is 6. The van der Waals surface area contributed by atoms with Crippen LogP contribution in [0.4, 0.5) is 11.4 Å². The van der Waals surface area contributed by atoms with E-state index in [1.54, 1.807) is 48.5 Å². The van der Waals surface area contributed by atoms with Gasteiger partial charge in [-0.3, -0.25) is 0 Å². The van der Waals surface area contributed by atoms with Gasteiger partial charge in [0.05, 0.1) is 37.8 Å². The van der Waals surface area contributed by atoms with Crippen molar-refractivity contribution >= 4 is 11.4 Å². The van der Waals surface area contributed by atoms with Gasteiger partial charge in [-0.05, 0) is 48.5 Å². The monoisotopic (exact) mass is 618 g/mol. The van der Waals surface area contributed by atoms with Gasteiger partial charge in [-0.1, -0.05) is 12.2 Å². The fourth-order valence-corrected chi connectivity index (χ4v) is 4.58. The number of hydrogen-bond acceptors (Lipinski definition) is 14. The molecule has 2 saturated heterocycles. The summed E-state index contributed by atoms with van der Waals surface area (Å²) >= 11 is 0. The molecule has 240 valence electrons. The van der Waals surface area contributed by atoms with Crippen LogP contribution in [0.1, 0.15) is 0 Å². The van der Waals surface area contributed by atoms with E-state index in [9.17, 15) is 30.6 Å². The fourth-order valence-electron chi connectivity index (χ4n) is 4.58. The van der Waals surface area contributed by atoms with Crippen LogP contribution in [0.25, 0.3) is 0 Å². The molecule has 0 amide bonds. The van der Waals surface area contributed by atoms with Crippen LogP contribution in [0.15, 0.2) is 84.1 Å². The van der Waals surface area contributed by atoms with Crippen LogP contribution in [0.3, 0.4) is 0 Å². The molecule has 0 unspecified atom stereocenters. The van der Waals surface area contributed by atoms with E-state index in [0.717, 1.165) is 0 Å². The second kappa shape index (κ2) is 16.2. The highest BCUT2D eigenvalue weighted by atomic mass is 16.7. The lowest BCUT2D eigenvalue weighted by atomic mass is 9.99. The second-order valence-electron chi connectivity index (χ2n) is 10.0. The first-order chi connectivity index (χ1) is 21.3. The number of aliphatic hydroxyl groups excluding tert-OH is 6. The van der Waals surface area contributed by atoms with Gasteiger partial charge in [-0.25, -0.2) is 0 Å². The van der Waals surface area contributed by atoms with Crippen LogP contribution in [0, 0.1) is 0 Å². The molecule has 0 spiro atoms. The highest BCUT2D eigenvalue weighted by Crippen LogP contribution is 2.30. The van der Waals surface area contributed by atoms with Gasteiger partial charge in [0.1, 0.15) is 60.3 Å². The summed E-state index contributed by atoms with van der Waals surface area (Å²) in [6.07, 6.45) is -8.82. The first-order valence-electron chi connectivity index (χ1n) is 13.9. The molecular formula is C30H38N2O12. The van der Waals surface area contributed by atoms with E-state index >= 15 is 0 Å². The zero-order chi connectivity index (χ0) is 31.6. The quantitative estimate of drug-likeness (QED) is 0.129.